The number of hydrogen-bond acceptors (Lipinski definition) is 5. The average molecular weight is 375 g/mol. The molecule has 140 valence electrons. The lowest BCUT2D eigenvalue weighted by Crippen LogP contribution is -2.36. The van der Waals surface area contributed by atoms with Crippen LogP contribution in [-0.4, -0.2) is 36.2 Å². The second-order valence-electron chi connectivity index (χ2n) is 5.81. The first kappa shape index (κ1) is 20.1. The van der Waals surface area contributed by atoms with Crippen LogP contribution in [0.25, 0.3) is 0 Å². The Kier molecular flexibility index (Phi) is 8.31. The summed E-state index contributed by atoms with van der Waals surface area (Å²) in [5.74, 6) is 1.28. The third-order valence-corrected chi connectivity index (χ3v) is 4.57. The number of methoxy groups -OCH3 is 1. The topological polar surface area (TPSA) is 67.8 Å². The van der Waals surface area contributed by atoms with Crippen molar-refractivity contribution in [3.05, 3.63) is 59.7 Å². The molecule has 0 aliphatic rings. The van der Waals surface area contributed by atoms with Crippen LogP contribution in [-0.2, 0) is 17.9 Å². The van der Waals surface area contributed by atoms with E-state index in [-0.39, 0.29) is 0 Å². The van der Waals surface area contributed by atoms with Gasteiger partial charge < -0.3 is 19.9 Å². The molecule has 0 fully saturated rings. The van der Waals surface area contributed by atoms with E-state index in [2.05, 4.69) is 5.32 Å². The highest BCUT2D eigenvalue weighted by molar-refractivity contribution is 7.98. The van der Waals surface area contributed by atoms with Gasteiger partial charge in [-0.2, -0.15) is 11.8 Å². The van der Waals surface area contributed by atoms with Crippen LogP contribution in [0.5, 0.6) is 11.5 Å². The number of carboxylic acids is 1. The highest BCUT2D eigenvalue weighted by Gasteiger charge is 2.16. The summed E-state index contributed by atoms with van der Waals surface area (Å²) in [7, 11) is 1.60. The van der Waals surface area contributed by atoms with Crippen molar-refractivity contribution in [2.45, 2.75) is 25.6 Å². The Labute approximate surface area is 158 Å². The maximum Gasteiger partial charge on any atom is 0.320 e. The van der Waals surface area contributed by atoms with Crippen molar-refractivity contribution in [2.24, 2.45) is 0 Å². The highest BCUT2D eigenvalue weighted by atomic mass is 32.2. The number of carboxylic acid groups (broad SMARTS) is 1. The normalized spacial score (nSPS) is 11.8. The first-order valence-corrected chi connectivity index (χ1v) is 9.82. The summed E-state index contributed by atoms with van der Waals surface area (Å²) in [6.45, 7) is 0.922. The van der Waals surface area contributed by atoms with Gasteiger partial charge in [0.2, 0.25) is 0 Å². The molecule has 0 saturated heterocycles. The Morgan fingerprint density at radius 2 is 1.92 bits per heavy atom. The van der Waals surface area contributed by atoms with Crippen molar-refractivity contribution in [3.63, 3.8) is 0 Å². The number of aliphatic carboxylic acids is 1. The van der Waals surface area contributed by atoms with Gasteiger partial charge in [-0.3, -0.25) is 4.79 Å². The van der Waals surface area contributed by atoms with Crippen LogP contribution >= 0.6 is 11.8 Å². The van der Waals surface area contributed by atoms with Gasteiger partial charge in [0, 0.05) is 6.54 Å². The van der Waals surface area contributed by atoms with Crippen LogP contribution in [0.1, 0.15) is 17.5 Å². The summed E-state index contributed by atoms with van der Waals surface area (Å²) in [5.41, 5.74) is 2.03. The van der Waals surface area contributed by atoms with Gasteiger partial charge in [-0.15, -0.1) is 0 Å². The number of rotatable bonds is 11. The molecule has 0 radical (unpaired) electrons. The van der Waals surface area contributed by atoms with Gasteiger partial charge in [-0.25, -0.2) is 0 Å². The van der Waals surface area contributed by atoms with Crippen molar-refractivity contribution in [3.8, 4) is 11.5 Å². The molecule has 0 aliphatic carbocycles. The molecule has 0 amide bonds. The van der Waals surface area contributed by atoms with Gasteiger partial charge in [0.05, 0.1) is 7.11 Å². The van der Waals surface area contributed by atoms with E-state index in [0.717, 1.165) is 16.9 Å². The van der Waals surface area contributed by atoms with Crippen molar-refractivity contribution in [1.29, 1.82) is 0 Å². The fourth-order valence-electron chi connectivity index (χ4n) is 2.47. The van der Waals surface area contributed by atoms with E-state index in [1.165, 1.54) is 0 Å². The largest absolute Gasteiger partial charge is 0.493 e. The van der Waals surface area contributed by atoms with E-state index in [4.69, 9.17) is 9.47 Å². The zero-order valence-electron chi connectivity index (χ0n) is 15.1. The molecule has 0 saturated carbocycles. The molecule has 0 bridgehead atoms. The maximum absolute atomic E-state index is 11.3. The third-order valence-electron chi connectivity index (χ3n) is 3.93. The molecule has 26 heavy (non-hydrogen) atoms. The summed E-state index contributed by atoms with van der Waals surface area (Å²) in [4.78, 5) is 11.3. The van der Waals surface area contributed by atoms with Crippen LogP contribution in [0.4, 0.5) is 0 Å². The molecule has 5 nitrogen and oxygen atoms in total. The van der Waals surface area contributed by atoms with Crippen molar-refractivity contribution in [1.82, 2.24) is 5.32 Å². The Morgan fingerprint density at radius 3 is 2.58 bits per heavy atom. The zero-order valence-corrected chi connectivity index (χ0v) is 15.9. The van der Waals surface area contributed by atoms with E-state index < -0.39 is 12.0 Å². The molecule has 1 atom stereocenters. The second kappa shape index (κ2) is 10.7. The first-order chi connectivity index (χ1) is 12.6. The van der Waals surface area contributed by atoms with Crippen molar-refractivity contribution >= 4 is 17.7 Å². The number of thioether (sulfide) groups is 1. The van der Waals surface area contributed by atoms with Gasteiger partial charge >= 0.3 is 5.97 Å². The molecular weight excluding hydrogens is 350 g/mol. The van der Waals surface area contributed by atoms with Gasteiger partial charge in [0.25, 0.3) is 0 Å². The van der Waals surface area contributed by atoms with Crippen LogP contribution in [0.3, 0.4) is 0 Å². The van der Waals surface area contributed by atoms with Crippen molar-refractivity contribution < 1.29 is 19.4 Å². The van der Waals surface area contributed by atoms with Crippen LogP contribution in [0, 0.1) is 0 Å². The maximum atomic E-state index is 11.3. The molecule has 0 aromatic heterocycles. The third kappa shape index (κ3) is 6.28. The summed E-state index contributed by atoms with van der Waals surface area (Å²) < 4.78 is 11.3. The molecule has 0 spiro atoms. The SMILES string of the molecule is COc1cc(CNC(CCSC)C(=O)O)ccc1OCc1ccccc1. The van der Waals surface area contributed by atoms with E-state index >= 15 is 0 Å². The summed E-state index contributed by atoms with van der Waals surface area (Å²) in [6.07, 6.45) is 2.56. The van der Waals surface area contributed by atoms with E-state index in [0.29, 0.717) is 31.1 Å². The standard InChI is InChI=1S/C20H25NO4S/c1-24-19-12-16(13-21-17(20(22)23)10-11-26-2)8-9-18(19)25-14-15-6-4-3-5-7-15/h3-9,12,17,21H,10-11,13-14H2,1-2H3,(H,22,23). The highest BCUT2D eigenvalue weighted by Crippen LogP contribution is 2.29. The Bertz CT molecular complexity index is 693. The molecular formula is C20H25NO4S. The smallest absolute Gasteiger partial charge is 0.320 e. The zero-order chi connectivity index (χ0) is 18.8. The number of carbonyl (C=O) groups is 1. The molecule has 2 aromatic carbocycles. The fraction of sp³-hybridized carbons (Fsp3) is 0.350. The Balaban J connectivity index is 1.97. The predicted octanol–water partition coefficient (Wildman–Crippen LogP) is 3.57. The molecule has 0 aliphatic heterocycles. The molecule has 1 unspecified atom stereocenters. The summed E-state index contributed by atoms with van der Waals surface area (Å²) >= 11 is 1.64. The number of nitrogens with one attached hydrogen (secondary N) is 1. The minimum Gasteiger partial charge on any atom is -0.493 e. The Hall–Kier alpha value is -2.18. The van der Waals surface area contributed by atoms with Crippen LogP contribution < -0.4 is 14.8 Å². The quantitative estimate of drug-likeness (QED) is 0.626. The summed E-state index contributed by atoms with van der Waals surface area (Å²) in [5, 5.41) is 12.4. The number of ether oxygens (including phenoxy) is 2. The lowest BCUT2D eigenvalue weighted by Gasteiger charge is -2.16. The van der Waals surface area contributed by atoms with Crippen molar-refractivity contribution in [2.75, 3.05) is 19.1 Å². The van der Waals surface area contributed by atoms with Crippen LogP contribution in [0.15, 0.2) is 48.5 Å². The lowest BCUT2D eigenvalue weighted by molar-refractivity contribution is -0.139. The second-order valence-corrected chi connectivity index (χ2v) is 6.80. The first-order valence-electron chi connectivity index (χ1n) is 8.42. The van der Waals surface area contributed by atoms with E-state index in [1.54, 1.807) is 18.9 Å². The monoisotopic (exact) mass is 375 g/mol. The van der Waals surface area contributed by atoms with Crippen LogP contribution in [0.2, 0.25) is 0 Å². The fourth-order valence-corrected chi connectivity index (χ4v) is 2.94. The molecule has 2 rings (SSSR count). The molecule has 2 N–H and O–H groups in total. The Morgan fingerprint density at radius 1 is 1.15 bits per heavy atom. The average Bonchev–Trinajstić information content (AvgIpc) is 2.67. The lowest BCUT2D eigenvalue weighted by atomic mass is 10.1. The molecule has 6 heteroatoms. The molecule has 0 heterocycles. The minimum atomic E-state index is -0.825. The van der Waals surface area contributed by atoms with E-state index in [1.807, 2.05) is 54.8 Å². The van der Waals surface area contributed by atoms with Gasteiger partial charge in [-0.1, -0.05) is 36.4 Å². The minimum absolute atomic E-state index is 0.459. The molecule has 2 aromatic rings. The van der Waals surface area contributed by atoms with Gasteiger partial charge in [-0.05, 0) is 41.7 Å². The predicted molar refractivity (Wildman–Crippen MR) is 105 cm³/mol. The summed E-state index contributed by atoms with van der Waals surface area (Å²) in [6, 6.07) is 15.0. The van der Waals surface area contributed by atoms with Gasteiger partial charge in [0.1, 0.15) is 12.6 Å². The number of benzene rings is 2. The number of hydrogen-bond donors (Lipinski definition) is 2. The van der Waals surface area contributed by atoms with Gasteiger partial charge in [0.15, 0.2) is 11.5 Å². The van der Waals surface area contributed by atoms with E-state index in [9.17, 15) is 9.90 Å².